The van der Waals surface area contributed by atoms with Gasteiger partial charge in [0.15, 0.2) is 0 Å². The zero-order chi connectivity index (χ0) is 15.4. The fourth-order valence-corrected chi connectivity index (χ4v) is 9.10. The van der Waals surface area contributed by atoms with Crippen LogP contribution in [0.4, 0.5) is 0 Å². The molecule has 5 heteroatoms. The lowest BCUT2D eigenvalue weighted by atomic mass is 10.2. The number of carboxylic acids is 1. The van der Waals surface area contributed by atoms with Crippen LogP contribution in [0.25, 0.3) is 0 Å². The average molecular weight is 286 g/mol. The van der Waals surface area contributed by atoms with Crippen LogP contribution in [0.1, 0.15) is 48.5 Å². The molecule has 4 nitrogen and oxygen atoms in total. The van der Waals surface area contributed by atoms with Gasteiger partial charge in [-0.05, 0) is 16.1 Å². The van der Waals surface area contributed by atoms with Gasteiger partial charge in [0.2, 0.25) is 0 Å². The number of hydrogen-bond acceptors (Lipinski definition) is 3. The van der Waals surface area contributed by atoms with E-state index in [2.05, 4.69) is 48.5 Å². The third kappa shape index (κ3) is 4.20. The van der Waals surface area contributed by atoms with Crippen molar-refractivity contribution >= 4 is 20.3 Å². The molecule has 0 rings (SSSR count). The van der Waals surface area contributed by atoms with Crippen LogP contribution in [0, 0.1) is 0 Å². The van der Waals surface area contributed by atoms with Crippen molar-refractivity contribution in [2.45, 2.75) is 64.6 Å². The van der Waals surface area contributed by atoms with E-state index in [0.29, 0.717) is 0 Å². The van der Waals surface area contributed by atoms with Gasteiger partial charge in [0, 0.05) is 12.2 Å². The van der Waals surface area contributed by atoms with Crippen LogP contribution in [-0.2, 0) is 14.0 Å². The van der Waals surface area contributed by atoms with Crippen molar-refractivity contribution in [1.82, 2.24) is 0 Å². The van der Waals surface area contributed by atoms with E-state index in [-0.39, 0.29) is 16.1 Å². The van der Waals surface area contributed by atoms with Crippen LogP contribution in [0.2, 0.25) is 16.1 Å². The molecular weight excluding hydrogens is 260 g/mol. The number of carboxylic acid groups (broad SMARTS) is 1. The topological polar surface area (TPSA) is 63.6 Å². The summed E-state index contributed by atoms with van der Waals surface area (Å²) in [6, 6.07) is 0. The highest BCUT2D eigenvalue weighted by atomic mass is 28.4. The molecule has 0 aromatic rings. The quantitative estimate of drug-likeness (QED) is 0.617. The minimum Gasteiger partial charge on any atom is -0.515 e. The van der Waals surface area contributed by atoms with Crippen LogP contribution < -0.4 is 0 Å². The highest BCUT2D eigenvalue weighted by Gasteiger charge is 2.54. The summed E-state index contributed by atoms with van der Waals surface area (Å²) in [4.78, 5) is 22.3. The second-order valence-electron chi connectivity index (χ2n) is 6.45. The Kier molecular flexibility index (Phi) is 6.00. The molecule has 0 aromatic heterocycles. The lowest BCUT2D eigenvalue weighted by Gasteiger charge is -2.47. The van der Waals surface area contributed by atoms with Gasteiger partial charge in [-0.15, -0.1) is 0 Å². The molecule has 0 unspecified atom stereocenters. The molecule has 0 aromatic carbocycles. The van der Waals surface area contributed by atoms with Crippen molar-refractivity contribution < 1.29 is 19.1 Å². The van der Waals surface area contributed by atoms with Gasteiger partial charge in [0.1, 0.15) is 0 Å². The molecule has 0 saturated heterocycles. The maximum Gasteiger partial charge on any atom is 0.328 e. The van der Waals surface area contributed by atoms with Crippen LogP contribution in [0.3, 0.4) is 0 Å². The largest absolute Gasteiger partial charge is 0.515 e. The fourth-order valence-electron chi connectivity index (χ4n) is 3.13. The number of rotatable bonds is 5. The zero-order valence-corrected chi connectivity index (χ0v) is 14.0. The van der Waals surface area contributed by atoms with Gasteiger partial charge < -0.3 is 9.53 Å². The Morgan fingerprint density at radius 3 is 1.74 bits per heavy atom. The van der Waals surface area contributed by atoms with Gasteiger partial charge in [0.25, 0.3) is 8.32 Å². The number of carbonyl (C=O) groups excluding carboxylic acids is 1. The maximum atomic E-state index is 11.9. The molecule has 0 heterocycles. The highest BCUT2D eigenvalue weighted by Crippen LogP contribution is 2.50. The normalized spacial score (nSPS) is 13.3. The molecule has 110 valence electrons. The van der Waals surface area contributed by atoms with E-state index in [0.717, 1.165) is 12.2 Å². The van der Waals surface area contributed by atoms with Crippen molar-refractivity contribution in [2.24, 2.45) is 0 Å². The number of hydrogen-bond donors (Lipinski definition) is 1. The summed E-state index contributed by atoms with van der Waals surface area (Å²) in [6.45, 7) is 14.6. The van der Waals surface area contributed by atoms with Crippen LogP contribution in [-0.4, -0.2) is 25.4 Å². The summed E-state index contributed by atoms with van der Waals surface area (Å²) < 4.78 is 5.83. The second kappa shape index (κ2) is 6.37. The molecule has 0 radical (unpaired) electrons. The summed E-state index contributed by atoms with van der Waals surface area (Å²) in [5, 5.41) is 8.45. The van der Waals surface area contributed by atoms with E-state index in [1.165, 1.54) is 0 Å². The van der Waals surface area contributed by atoms with Gasteiger partial charge in [-0.2, -0.15) is 0 Å². The van der Waals surface area contributed by atoms with Crippen molar-refractivity contribution in [2.75, 3.05) is 0 Å². The zero-order valence-electron chi connectivity index (χ0n) is 13.0. The first-order valence-corrected chi connectivity index (χ1v) is 8.65. The minimum absolute atomic E-state index is 0.109. The van der Waals surface area contributed by atoms with Gasteiger partial charge in [-0.1, -0.05) is 48.5 Å². The van der Waals surface area contributed by atoms with E-state index in [1.807, 2.05) is 0 Å². The molecule has 0 aliphatic heterocycles. The fraction of sp³-hybridized carbons (Fsp3) is 0.714. The van der Waals surface area contributed by atoms with Crippen LogP contribution in [0.5, 0.6) is 0 Å². The van der Waals surface area contributed by atoms with Crippen LogP contribution >= 0.6 is 0 Å². The third-order valence-electron chi connectivity index (χ3n) is 3.52. The molecule has 0 bridgehead atoms. The molecule has 19 heavy (non-hydrogen) atoms. The third-order valence-corrected chi connectivity index (χ3v) is 9.83. The summed E-state index contributed by atoms with van der Waals surface area (Å²) in [5.74, 6) is -1.69. The lowest BCUT2D eigenvalue weighted by molar-refractivity contribution is -0.133. The molecule has 0 aliphatic rings. The predicted molar refractivity (Wildman–Crippen MR) is 78.5 cm³/mol. The van der Waals surface area contributed by atoms with Crippen molar-refractivity contribution in [3.63, 3.8) is 0 Å². The molecule has 1 N–H and O–H groups in total. The van der Waals surface area contributed by atoms with E-state index < -0.39 is 20.3 Å². The van der Waals surface area contributed by atoms with Gasteiger partial charge >= 0.3 is 11.9 Å². The molecular formula is C14H26O4Si. The first-order chi connectivity index (χ1) is 8.45. The Hall–Kier alpha value is -1.10. The molecule has 0 aliphatic carbocycles. The minimum atomic E-state index is -2.38. The SMILES string of the molecule is CC(C)[Si](OC(=O)/C=C\C(=O)O)(C(C)C)C(C)(C)C. The Labute approximate surface area is 117 Å². The monoisotopic (exact) mass is 286 g/mol. The first-order valence-electron chi connectivity index (χ1n) is 6.59. The standard InChI is InChI=1S/C14H26O4Si/c1-10(2)19(11(3)4,14(5,6)7)18-13(17)9-8-12(15)16/h8-11H,1-7H3,(H,15,16)/b9-8-. The molecule has 0 amide bonds. The van der Waals surface area contributed by atoms with E-state index in [9.17, 15) is 9.59 Å². The van der Waals surface area contributed by atoms with Crippen LogP contribution in [0.15, 0.2) is 12.2 Å². The smallest absolute Gasteiger partial charge is 0.328 e. The average Bonchev–Trinajstić information content (AvgIpc) is 2.19. The van der Waals surface area contributed by atoms with Crippen molar-refractivity contribution in [3.05, 3.63) is 12.2 Å². The first kappa shape index (κ1) is 17.9. The van der Waals surface area contributed by atoms with E-state index >= 15 is 0 Å². The summed E-state index contributed by atoms with van der Waals surface area (Å²) >= 11 is 0. The highest BCUT2D eigenvalue weighted by molar-refractivity contribution is 6.80. The number of carbonyl (C=O) groups is 2. The van der Waals surface area contributed by atoms with Crippen molar-refractivity contribution in [1.29, 1.82) is 0 Å². The molecule has 0 atom stereocenters. The number of aliphatic carboxylic acids is 1. The van der Waals surface area contributed by atoms with E-state index in [4.69, 9.17) is 9.53 Å². The van der Waals surface area contributed by atoms with Gasteiger partial charge in [0.05, 0.1) is 0 Å². The lowest BCUT2D eigenvalue weighted by Crippen LogP contribution is -2.53. The predicted octanol–water partition coefficient (Wildman–Crippen LogP) is 3.74. The summed E-state index contributed by atoms with van der Waals surface area (Å²) in [5.41, 5.74) is 0.518. The summed E-state index contributed by atoms with van der Waals surface area (Å²) in [6.07, 6.45) is 1.82. The molecule has 0 spiro atoms. The molecule has 0 saturated carbocycles. The maximum absolute atomic E-state index is 11.9. The van der Waals surface area contributed by atoms with E-state index in [1.54, 1.807) is 0 Å². The van der Waals surface area contributed by atoms with Gasteiger partial charge in [-0.3, -0.25) is 0 Å². The van der Waals surface area contributed by atoms with Gasteiger partial charge in [-0.25, -0.2) is 9.59 Å². The molecule has 0 fully saturated rings. The summed E-state index contributed by atoms with van der Waals surface area (Å²) in [7, 11) is -2.38. The Morgan fingerprint density at radius 2 is 1.47 bits per heavy atom. The Balaban J connectivity index is 5.40. The second-order valence-corrected chi connectivity index (χ2v) is 12.0. The Bertz CT molecular complexity index is 356. The Morgan fingerprint density at radius 1 is 1.05 bits per heavy atom. The van der Waals surface area contributed by atoms with Crippen molar-refractivity contribution in [3.8, 4) is 0 Å².